The summed E-state index contributed by atoms with van der Waals surface area (Å²) >= 11 is 5.96. The molecule has 128 valence electrons. The minimum atomic E-state index is 0.788. The molecule has 1 aliphatic heterocycles. The molecule has 0 radical (unpaired) electrons. The Bertz CT molecular complexity index is 809. The van der Waals surface area contributed by atoms with E-state index in [9.17, 15) is 0 Å². The quantitative estimate of drug-likeness (QED) is 0.764. The number of aromatic nitrogens is 4. The van der Waals surface area contributed by atoms with E-state index < -0.39 is 0 Å². The highest BCUT2D eigenvalue weighted by Crippen LogP contribution is 2.15. The second kappa shape index (κ2) is 7.21. The fourth-order valence-corrected chi connectivity index (χ4v) is 3.33. The zero-order chi connectivity index (χ0) is 17.1. The van der Waals surface area contributed by atoms with E-state index in [2.05, 4.69) is 32.6 Å². The van der Waals surface area contributed by atoms with Crippen LogP contribution in [0, 0.1) is 0 Å². The Labute approximate surface area is 151 Å². The summed E-state index contributed by atoms with van der Waals surface area (Å²) in [5, 5.41) is 13.0. The topological polar surface area (TPSA) is 51.3 Å². The fourth-order valence-electron chi connectivity index (χ4n) is 3.21. The van der Waals surface area contributed by atoms with E-state index in [1.807, 2.05) is 47.1 Å². The van der Waals surface area contributed by atoms with E-state index in [0.717, 1.165) is 49.4 Å². The molecule has 2 heterocycles. The Morgan fingerprint density at radius 1 is 0.960 bits per heavy atom. The molecule has 25 heavy (non-hydrogen) atoms. The molecule has 7 heteroatoms. The number of para-hydroxylation sites is 1. The third-order valence-electron chi connectivity index (χ3n) is 4.57. The first-order chi connectivity index (χ1) is 12.3. The van der Waals surface area contributed by atoms with Gasteiger partial charge in [0.15, 0.2) is 0 Å². The molecule has 1 aliphatic rings. The van der Waals surface area contributed by atoms with E-state index in [4.69, 9.17) is 11.6 Å². The molecule has 1 aromatic heterocycles. The molecule has 4 rings (SSSR count). The highest BCUT2D eigenvalue weighted by Gasteiger charge is 2.24. The molecular weight excluding hydrogens is 336 g/mol. The molecule has 0 bridgehead atoms. The Morgan fingerprint density at radius 2 is 1.68 bits per heavy atom. The van der Waals surface area contributed by atoms with Crippen molar-refractivity contribution >= 4 is 17.5 Å². The highest BCUT2D eigenvalue weighted by molar-refractivity contribution is 6.30. The average molecular weight is 356 g/mol. The van der Waals surface area contributed by atoms with Gasteiger partial charge in [-0.3, -0.25) is 0 Å². The van der Waals surface area contributed by atoms with E-state index in [1.54, 1.807) is 4.90 Å². The van der Waals surface area contributed by atoms with Crippen LogP contribution in [0.25, 0.3) is 5.69 Å². The second-order valence-corrected chi connectivity index (χ2v) is 6.70. The summed E-state index contributed by atoms with van der Waals surface area (Å²) in [6, 6.07) is 18.1. The summed E-state index contributed by atoms with van der Waals surface area (Å²) < 4.78 is 1.81. The number of hydrogen-bond acceptors (Lipinski definition) is 4. The summed E-state index contributed by atoms with van der Waals surface area (Å²) in [5.74, 6) is 0.816. The number of tetrazole rings is 1. The summed E-state index contributed by atoms with van der Waals surface area (Å²) in [7, 11) is 0. The minimum absolute atomic E-state index is 0.788. The first-order valence-electron chi connectivity index (χ1n) is 8.46. The maximum Gasteiger partial charge on any atom is 0.250 e. The summed E-state index contributed by atoms with van der Waals surface area (Å²) in [5.41, 5.74) is 2.31. The number of piperazine rings is 1. The van der Waals surface area contributed by atoms with Gasteiger partial charge in [-0.15, -0.1) is 0 Å². The number of hydrogen-bond donors (Lipinski definition) is 1. The first-order valence-corrected chi connectivity index (χ1v) is 8.84. The van der Waals surface area contributed by atoms with Crippen LogP contribution in [0.15, 0.2) is 54.6 Å². The molecular formula is C18H20ClN6+. The first kappa shape index (κ1) is 16.1. The van der Waals surface area contributed by atoms with E-state index in [0.29, 0.717) is 0 Å². The lowest BCUT2D eigenvalue weighted by atomic mass is 10.2. The van der Waals surface area contributed by atoms with E-state index in [-0.39, 0.29) is 0 Å². The molecule has 0 atom stereocenters. The Balaban J connectivity index is 1.41. The van der Waals surface area contributed by atoms with Crippen LogP contribution in [-0.2, 0) is 6.54 Å². The summed E-state index contributed by atoms with van der Waals surface area (Å²) in [6.45, 7) is 5.02. The van der Waals surface area contributed by atoms with Gasteiger partial charge in [-0.1, -0.05) is 47.0 Å². The van der Waals surface area contributed by atoms with Gasteiger partial charge >= 0.3 is 0 Å². The molecule has 0 spiro atoms. The van der Waals surface area contributed by atoms with Gasteiger partial charge in [0, 0.05) is 10.6 Å². The van der Waals surface area contributed by atoms with E-state index >= 15 is 0 Å². The van der Waals surface area contributed by atoms with Crippen LogP contribution in [0.5, 0.6) is 0 Å². The Morgan fingerprint density at radius 3 is 2.40 bits per heavy atom. The Kier molecular flexibility index (Phi) is 4.63. The third kappa shape index (κ3) is 3.65. The number of nitrogens with zero attached hydrogens (tertiary/aromatic N) is 5. The normalized spacial score (nSPS) is 15.5. The predicted octanol–water partition coefficient (Wildman–Crippen LogP) is 1.22. The standard InChI is InChI=1S/C18H19ClN6/c19-16-8-6-15(7-9-16)14-23-10-12-24(13-11-23)18-20-21-22-25(18)17-4-2-1-3-5-17/h1-9H,10-14H2/p+1. The van der Waals surface area contributed by atoms with Crippen molar-refractivity contribution in [2.24, 2.45) is 0 Å². The minimum Gasteiger partial charge on any atom is -0.328 e. The molecule has 1 N–H and O–H groups in total. The van der Waals surface area contributed by atoms with Crippen molar-refractivity contribution in [3.63, 3.8) is 0 Å². The molecule has 3 aromatic rings. The Hall–Kier alpha value is -2.44. The predicted molar refractivity (Wildman–Crippen MR) is 97.2 cm³/mol. The molecule has 2 aromatic carbocycles. The number of nitrogens with one attached hydrogen (secondary N) is 1. The van der Waals surface area contributed by atoms with Gasteiger partial charge in [0.25, 0.3) is 5.95 Å². The lowest BCUT2D eigenvalue weighted by molar-refractivity contribution is -0.914. The lowest BCUT2D eigenvalue weighted by Crippen LogP contribution is -3.13. The molecule has 1 saturated heterocycles. The van der Waals surface area contributed by atoms with Gasteiger partial charge in [0.2, 0.25) is 0 Å². The van der Waals surface area contributed by atoms with Gasteiger partial charge in [-0.05, 0) is 34.7 Å². The van der Waals surface area contributed by atoms with Gasteiger partial charge in [0.1, 0.15) is 6.54 Å². The molecule has 6 nitrogen and oxygen atoms in total. The van der Waals surface area contributed by atoms with Gasteiger partial charge in [0.05, 0.1) is 31.9 Å². The summed E-state index contributed by atoms with van der Waals surface area (Å²) in [6.07, 6.45) is 0. The van der Waals surface area contributed by atoms with Crippen molar-refractivity contribution in [1.29, 1.82) is 0 Å². The van der Waals surface area contributed by atoms with Crippen molar-refractivity contribution < 1.29 is 4.90 Å². The van der Waals surface area contributed by atoms with Crippen LogP contribution in [0.4, 0.5) is 5.95 Å². The second-order valence-electron chi connectivity index (χ2n) is 6.27. The van der Waals surface area contributed by atoms with Crippen LogP contribution in [-0.4, -0.2) is 46.4 Å². The van der Waals surface area contributed by atoms with Crippen molar-refractivity contribution in [3.05, 3.63) is 65.2 Å². The van der Waals surface area contributed by atoms with E-state index in [1.165, 1.54) is 5.56 Å². The highest BCUT2D eigenvalue weighted by atomic mass is 35.5. The molecule has 1 fully saturated rings. The number of anilines is 1. The smallest absolute Gasteiger partial charge is 0.250 e. The molecule has 0 amide bonds. The maximum atomic E-state index is 5.96. The molecule has 0 unspecified atom stereocenters. The molecule has 0 aliphatic carbocycles. The van der Waals surface area contributed by atoms with Gasteiger partial charge in [-0.2, -0.15) is 4.68 Å². The zero-order valence-electron chi connectivity index (χ0n) is 13.8. The lowest BCUT2D eigenvalue weighted by Gasteiger charge is -2.32. The van der Waals surface area contributed by atoms with Crippen molar-refractivity contribution in [2.75, 3.05) is 31.1 Å². The fraction of sp³-hybridized carbons (Fsp3) is 0.278. The van der Waals surface area contributed by atoms with Crippen LogP contribution >= 0.6 is 11.6 Å². The molecule has 0 saturated carbocycles. The number of quaternary nitrogens is 1. The average Bonchev–Trinajstić information content (AvgIpc) is 3.15. The maximum absolute atomic E-state index is 5.96. The summed E-state index contributed by atoms with van der Waals surface area (Å²) in [4.78, 5) is 3.83. The number of halogens is 1. The SMILES string of the molecule is Clc1ccc(C[NH+]2CCN(c3nnnn3-c3ccccc3)CC2)cc1. The van der Waals surface area contributed by atoms with Crippen LogP contribution < -0.4 is 9.80 Å². The largest absolute Gasteiger partial charge is 0.328 e. The zero-order valence-corrected chi connectivity index (χ0v) is 14.6. The number of benzene rings is 2. The number of rotatable bonds is 4. The van der Waals surface area contributed by atoms with Crippen LogP contribution in [0.2, 0.25) is 5.02 Å². The van der Waals surface area contributed by atoms with Crippen molar-refractivity contribution in [1.82, 2.24) is 20.2 Å². The van der Waals surface area contributed by atoms with Gasteiger partial charge < -0.3 is 9.80 Å². The van der Waals surface area contributed by atoms with Crippen LogP contribution in [0.3, 0.4) is 0 Å². The van der Waals surface area contributed by atoms with Gasteiger partial charge in [-0.25, -0.2) is 0 Å². The van der Waals surface area contributed by atoms with Crippen molar-refractivity contribution in [2.45, 2.75) is 6.54 Å². The van der Waals surface area contributed by atoms with Crippen LogP contribution in [0.1, 0.15) is 5.56 Å². The third-order valence-corrected chi connectivity index (χ3v) is 4.83. The monoisotopic (exact) mass is 355 g/mol. The van der Waals surface area contributed by atoms with Crippen molar-refractivity contribution in [3.8, 4) is 5.69 Å².